The first kappa shape index (κ1) is 13.5. The third-order valence-electron chi connectivity index (χ3n) is 3.50. The molecule has 2 rings (SSSR count). The van der Waals surface area contributed by atoms with Crippen LogP contribution in [0.2, 0.25) is 0 Å². The van der Waals surface area contributed by atoms with Gasteiger partial charge in [-0.2, -0.15) is 0 Å². The number of nitrogen functional groups attached to an aromatic ring is 1. The van der Waals surface area contributed by atoms with Gasteiger partial charge in [0.1, 0.15) is 11.5 Å². The van der Waals surface area contributed by atoms with Crippen LogP contribution < -0.4 is 10.5 Å². The summed E-state index contributed by atoms with van der Waals surface area (Å²) in [6.07, 6.45) is 1.05. The van der Waals surface area contributed by atoms with Crippen LogP contribution in [0, 0.1) is 20.8 Å². The molecule has 0 amide bonds. The molecule has 0 saturated carbocycles. The van der Waals surface area contributed by atoms with E-state index in [1.54, 1.807) is 0 Å². The van der Waals surface area contributed by atoms with Gasteiger partial charge in [0, 0.05) is 5.69 Å². The van der Waals surface area contributed by atoms with Crippen molar-refractivity contribution in [2.24, 2.45) is 0 Å². The molecule has 0 radical (unpaired) electrons. The zero-order valence-corrected chi connectivity index (χ0v) is 12.1. The molecule has 2 nitrogen and oxygen atoms in total. The smallest absolute Gasteiger partial charge is 0.128 e. The monoisotopic (exact) mass is 255 g/mol. The molecular formula is C17H21NO. The second-order valence-corrected chi connectivity index (χ2v) is 5.01. The number of anilines is 1. The Labute approximate surface area is 115 Å². The first-order valence-corrected chi connectivity index (χ1v) is 6.65. The number of nitrogens with two attached hydrogens (primary N) is 1. The van der Waals surface area contributed by atoms with Gasteiger partial charge in [0.15, 0.2) is 0 Å². The molecule has 0 aliphatic heterocycles. The van der Waals surface area contributed by atoms with E-state index < -0.39 is 0 Å². The Hall–Kier alpha value is -1.96. The predicted molar refractivity (Wildman–Crippen MR) is 81.0 cm³/mol. The van der Waals surface area contributed by atoms with E-state index in [9.17, 15) is 0 Å². The van der Waals surface area contributed by atoms with Crippen molar-refractivity contribution in [3.05, 3.63) is 52.6 Å². The van der Waals surface area contributed by atoms with E-state index in [0.29, 0.717) is 0 Å². The maximum Gasteiger partial charge on any atom is 0.128 e. The zero-order chi connectivity index (χ0) is 14.0. The fraction of sp³-hybridized carbons (Fsp3) is 0.294. The molecule has 2 N–H and O–H groups in total. The summed E-state index contributed by atoms with van der Waals surface area (Å²) in [5, 5.41) is 0. The molecule has 19 heavy (non-hydrogen) atoms. The van der Waals surface area contributed by atoms with Gasteiger partial charge in [0.2, 0.25) is 0 Å². The van der Waals surface area contributed by atoms with Crippen molar-refractivity contribution in [1.82, 2.24) is 0 Å². The topological polar surface area (TPSA) is 35.2 Å². The van der Waals surface area contributed by atoms with Gasteiger partial charge in [-0.1, -0.05) is 13.0 Å². The Morgan fingerprint density at radius 2 is 1.47 bits per heavy atom. The molecule has 0 aliphatic rings. The lowest BCUT2D eigenvalue weighted by Gasteiger charge is -2.12. The van der Waals surface area contributed by atoms with Crippen LogP contribution in [-0.4, -0.2) is 0 Å². The van der Waals surface area contributed by atoms with Crippen molar-refractivity contribution in [1.29, 1.82) is 0 Å². The maximum atomic E-state index is 5.95. The summed E-state index contributed by atoms with van der Waals surface area (Å²) < 4.78 is 5.92. The van der Waals surface area contributed by atoms with Crippen LogP contribution in [-0.2, 0) is 6.42 Å². The summed E-state index contributed by atoms with van der Waals surface area (Å²) in [6, 6.07) is 10.2. The molecule has 0 aliphatic carbocycles. The molecule has 0 fully saturated rings. The van der Waals surface area contributed by atoms with Gasteiger partial charge >= 0.3 is 0 Å². The standard InChI is InChI=1S/C17H21NO/c1-5-14-6-7-15(8-11(14)2)19-16-9-12(3)17(18)13(4)10-16/h6-10H,5,18H2,1-4H3. The number of aryl methyl sites for hydroxylation is 4. The molecular weight excluding hydrogens is 234 g/mol. The van der Waals surface area contributed by atoms with Gasteiger partial charge in [-0.05, 0) is 73.7 Å². The molecule has 0 unspecified atom stereocenters. The van der Waals surface area contributed by atoms with E-state index in [-0.39, 0.29) is 0 Å². The highest BCUT2D eigenvalue weighted by atomic mass is 16.5. The Morgan fingerprint density at radius 1 is 0.895 bits per heavy atom. The van der Waals surface area contributed by atoms with Crippen LogP contribution in [0.5, 0.6) is 11.5 Å². The fourth-order valence-corrected chi connectivity index (χ4v) is 2.26. The van der Waals surface area contributed by atoms with Crippen LogP contribution in [0.15, 0.2) is 30.3 Å². The minimum Gasteiger partial charge on any atom is -0.457 e. The summed E-state index contributed by atoms with van der Waals surface area (Å²) in [6.45, 7) is 8.28. The molecule has 100 valence electrons. The lowest BCUT2D eigenvalue weighted by atomic mass is 10.1. The van der Waals surface area contributed by atoms with Crippen LogP contribution in [0.1, 0.15) is 29.2 Å². The minimum atomic E-state index is 0.838. The van der Waals surface area contributed by atoms with Crippen LogP contribution in [0.3, 0.4) is 0 Å². The molecule has 0 heterocycles. The molecule has 2 heteroatoms. The molecule has 0 saturated heterocycles. The molecule has 0 bridgehead atoms. The summed E-state index contributed by atoms with van der Waals surface area (Å²) in [7, 11) is 0. The first-order valence-electron chi connectivity index (χ1n) is 6.65. The third-order valence-corrected chi connectivity index (χ3v) is 3.50. The Balaban J connectivity index is 2.29. The quantitative estimate of drug-likeness (QED) is 0.817. The van der Waals surface area contributed by atoms with Crippen molar-refractivity contribution in [3.8, 4) is 11.5 Å². The van der Waals surface area contributed by atoms with E-state index in [0.717, 1.165) is 34.7 Å². The number of ether oxygens (including phenoxy) is 1. The van der Waals surface area contributed by atoms with E-state index in [2.05, 4.69) is 26.0 Å². The second kappa shape index (κ2) is 5.35. The van der Waals surface area contributed by atoms with Gasteiger partial charge in [-0.25, -0.2) is 0 Å². The number of benzene rings is 2. The summed E-state index contributed by atoms with van der Waals surface area (Å²) in [5.41, 5.74) is 11.5. The molecule has 0 atom stereocenters. The Kier molecular flexibility index (Phi) is 3.79. The zero-order valence-electron chi connectivity index (χ0n) is 12.1. The van der Waals surface area contributed by atoms with Gasteiger partial charge in [-0.15, -0.1) is 0 Å². The minimum absolute atomic E-state index is 0.838. The van der Waals surface area contributed by atoms with E-state index in [1.807, 2.05) is 32.0 Å². The Morgan fingerprint density at radius 3 is 2.00 bits per heavy atom. The van der Waals surface area contributed by atoms with Crippen LogP contribution in [0.4, 0.5) is 5.69 Å². The lowest BCUT2D eigenvalue weighted by Crippen LogP contribution is -1.95. The highest BCUT2D eigenvalue weighted by molar-refractivity contribution is 5.56. The van der Waals surface area contributed by atoms with Crippen molar-refractivity contribution in [2.75, 3.05) is 5.73 Å². The van der Waals surface area contributed by atoms with Gasteiger partial charge in [-0.3, -0.25) is 0 Å². The van der Waals surface area contributed by atoms with Crippen LogP contribution >= 0.6 is 0 Å². The van der Waals surface area contributed by atoms with Gasteiger partial charge in [0.25, 0.3) is 0 Å². The average Bonchev–Trinajstić information content (AvgIpc) is 2.36. The van der Waals surface area contributed by atoms with E-state index in [4.69, 9.17) is 10.5 Å². The van der Waals surface area contributed by atoms with Gasteiger partial charge in [0.05, 0.1) is 0 Å². The normalized spacial score (nSPS) is 10.5. The van der Waals surface area contributed by atoms with E-state index >= 15 is 0 Å². The summed E-state index contributed by atoms with van der Waals surface area (Å²) >= 11 is 0. The molecule has 2 aromatic rings. The molecule has 2 aromatic carbocycles. The Bertz CT molecular complexity index is 579. The first-order chi connectivity index (χ1) is 9.01. The van der Waals surface area contributed by atoms with Crippen molar-refractivity contribution >= 4 is 5.69 Å². The predicted octanol–water partition coefficient (Wildman–Crippen LogP) is 4.55. The average molecular weight is 255 g/mol. The lowest BCUT2D eigenvalue weighted by molar-refractivity contribution is 0.481. The largest absolute Gasteiger partial charge is 0.457 e. The highest BCUT2D eigenvalue weighted by Gasteiger charge is 2.05. The van der Waals surface area contributed by atoms with Gasteiger partial charge < -0.3 is 10.5 Å². The SMILES string of the molecule is CCc1ccc(Oc2cc(C)c(N)c(C)c2)cc1C. The van der Waals surface area contributed by atoms with Crippen molar-refractivity contribution in [2.45, 2.75) is 34.1 Å². The van der Waals surface area contributed by atoms with E-state index in [1.165, 1.54) is 11.1 Å². The summed E-state index contributed by atoms with van der Waals surface area (Å²) in [4.78, 5) is 0. The van der Waals surface area contributed by atoms with Crippen molar-refractivity contribution in [3.63, 3.8) is 0 Å². The maximum absolute atomic E-state index is 5.95. The second-order valence-electron chi connectivity index (χ2n) is 5.01. The fourth-order valence-electron chi connectivity index (χ4n) is 2.26. The molecule has 0 aromatic heterocycles. The van der Waals surface area contributed by atoms with Crippen molar-refractivity contribution < 1.29 is 4.74 Å². The highest BCUT2D eigenvalue weighted by Crippen LogP contribution is 2.28. The third kappa shape index (κ3) is 2.90. The number of hydrogen-bond donors (Lipinski definition) is 1. The number of rotatable bonds is 3. The number of hydrogen-bond acceptors (Lipinski definition) is 2. The molecule has 0 spiro atoms. The van der Waals surface area contributed by atoms with Crippen LogP contribution in [0.25, 0.3) is 0 Å². The summed E-state index contributed by atoms with van der Waals surface area (Å²) in [5.74, 6) is 1.71.